The van der Waals surface area contributed by atoms with Gasteiger partial charge in [0.25, 0.3) is 0 Å². The van der Waals surface area contributed by atoms with Crippen molar-refractivity contribution in [3.63, 3.8) is 0 Å². The second-order valence-corrected chi connectivity index (χ2v) is 4.10. The molecule has 0 spiro atoms. The topological polar surface area (TPSA) is 64.7 Å². The Kier molecular flexibility index (Phi) is 6.54. The van der Waals surface area contributed by atoms with E-state index in [4.69, 9.17) is 15.2 Å². The molecular formula is C14H23NO3. The summed E-state index contributed by atoms with van der Waals surface area (Å²) in [5, 5.41) is 9.23. The zero-order valence-corrected chi connectivity index (χ0v) is 11.2. The van der Waals surface area contributed by atoms with E-state index in [1.54, 1.807) is 0 Å². The molecule has 1 unspecified atom stereocenters. The Hall–Kier alpha value is -1.26. The van der Waals surface area contributed by atoms with Crippen LogP contribution in [-0.2, 0) is 6.42 Å². The van der Waals surface area contributed by atoms with Gasteiger partial charge in [0.2, 0.25) is 0 Å². The van der Waals surface area contributed by atoms with Crippen LogP contribution in [0.4, 0.5) is 0 Å². The Morgan fingerprint density at radius 1 is 1.22 bits per heavy atom. The van der Waals surface area contributed by atoms with Crippen molar-refractivity contribution < 1.29 is 14.6 Å². The molecule has 0 aromatic heterocycles. The fourth-order valence-electron chi connectivity index (χ4n) is 1.83. The molecule has 0 saturated carbocycles. The van der Waals surface area contributed by atoms with Gasteiger partial charge in [0, 0.05) is 6.61 Å². The van der Waals surface area contributed by atoms with Gasteiger partial charge < -0.3 is 20.3 Å². The van der Waals surface area contributed by atoms with Gasteiger partial charge >= 0.3 is 0 Å². The van der Waals surface area contributed by atoms with Gasteiger partial charge in [-0.1, -0.05) is 12.1 Å². The number of hydrogen-bond donors (Lipinski definition) is 2. The van der Waals surface area contributed by atoms with E-state index in [1.807, 2.05) is 32.0 Å². The van der Waals surface area contributed by atoms with E-state index < -0.39 is 0 Å². The van der Waals surface area contributed by atoms with Crippen LogP contribution in [0.5, 0.6) is 11.5 Å². The van der Waals surface area contributed by atoms with Crippen LogP contribution in [0.1, 0.15) is 19.4 Å². The molecular weight excluding hydrogens is 230 g/mol. The number of aliphatic hydroxyl groups is 1. The third kappa shape index (κ3) is 3.89. The smallest absolute Gasteiger partial charge is 0.164 e. The second-order valence-electron chi connectivity index (χ2n) is 4.10. The average molecular weight is 253 g/mol. The lowest BCUT2D eigenvalue weighted by Gasteiger charge is -2.17. The number of benzene rings is 1. The Labute approximate surface area is 109 Å². The van der Waals surface area contributed by atoms with Crippen molar-refractivity contribution in [1.82, 2.24) is 0 Å². The van der Waals surface area contributed by atoms with Gasteiger partial charge in [-0.3, -0.25) is 0 Å². The second kappa shape index (κ2) is 7.95. The largest absolute Gasteiger partial charge is 0.490 e. The molecule has 3 N–H and O–H groups in total. The summed E-state index contributed by atoms with van der Waals surface area (Å²) < 4.78 is 11.2. The highest BCUT2D eigenvalue weighted by molar-refractivity contribution is 5.47. The highest BCUT2D eigenvalue weighted by Crippen LogP contribution is 2.32. The van der Waals surface area contributed by atoms with Gasteiger partial charge in [-0.2, -0.15) is 0 Å². The van der Waals surface area contributed by atoms with E-state index in [1.165, 1.54) is 0 Å². The maximum Gasteiger partial charge on any atom is 0.164 e. The molecule has 102 valence electrons. The molecule has 18 heavy (non-hydrogen) atoms. The molecule has 0 aliphatic rings. The van der Waals surface area contributed by atoms with Crippen LogP contribution in [0.3, 0.4) is 0 Å². The summed E-state index contributed by atoms with van der Waals surface area (Å²) in [4.78, 5) is 0. The molecule has 0 saturated heterocycles. The molecule has 1 rings (SSSR count). The molecule has 0 amide bonds. The van der Waals surface area contributed by atoms with Crippen LogP contribution in [-0.4, -0.2) is 31.5 Å². The summed E-state index contributed by atoms with van der Waals surface area (Å²) in [6.07, 6.45) is 0.698. The fraction of sp³-hybridized carbons (Fsp3) is 0.571. The number of hydrogen-bond acceptors (Lipinski definition) is 4. The molecule has 4 nitrogen and oxygen atoms in total. The molecule has 1 aromatic carbocycles. The molecule has 0 aliphatic carbocycles. The lowest BCUT2D eigenvalue weighted by Crippen LogP contribution is -2.20. The number of para-hydroxylation sites is 1. The van der Waals surface area contributed by atoms with Crippen LogP contribution in [0.25, 0.3) is 0 Å². The van der Waals surface area contributed by atoms with Gasteiger partial charge in [-0.15, -0.1) is 0 Å². The summed E-state index contributed by atoms with van der Waals surface area (Å²) >= 11 is 0. The van der Waals surface area contributed by atoms with Crippen LogP contribution in [0.2, 0.25) is 0 Å². The fourth-order valence-corrected chi connectivity index (χ4v) is 1.83. The van der Waals surface area contributed by atoms with Gasteiger partial charge in [-0.25, -0.2) is 0 Å². The highest BCUT2D eigenvalue weighted by atomic mass is 16.5. The van der Waals surface area contributed by atoms with E-state index in [2.05, 4.69) is 0 Å². The molecule has 0 aliphatic heterocycles. The summed E-state index contributed by atoms with van der Waals surface area (Å²) in [6.45, 7) is 5.62. The Morgan fingerprint density at radius 3 is 2.50 bits per heavy atom. The lowest BCUT2D eigenvalue weighted by molar-refractivity contribution is 0.227. The average Bonchev–Trinajstić information content (AvgIpc) is 2.39. The van der Waals surface area contributed by atoms with Crippen molar-refractivity contribution in [1.29, 1.82) is 0 Å². The monoisotopic (exact) mass is 253 g/mol. The van der Waals surface area contributed by atoms with Crippen molar-refractivity contribution in [3.05, 3.63) is 23.8 Å². The minimum Gasteiger partial charge on any atom is -0.490 e. The number of nitrogens with two attached hydrogens (primary N) is 1. The summed E-state index contributed by atoms with van der Waals surface area (Å²) in [5.41, 5.74) is 6.65. The third-order valence-electron chi connectivity index (χ3n) is 2.75. The molecule has 0 radical (unpaired) electrons. The van der Waals surface area contributed by atoms with Gasteiger partial charge in [-0.05, 0) is 44.4 Å². The third-order valence-corrected chi connectivity index (χ3v) is 2.75. The molecule has 4 heteroatoms. The Morgan fingerprint density at radius 2 is 1.94 bits per heavy atom. The Balaban J connectivity index is 2.97. The molecule has 0 fully saturated rings. The molecule has 0 heterocycles. The molecule has 0 bridgehead atoms. The zero-order valence-electron chi connectivity index (χ0n) is 11.2. The maximum absolute atomic E-state index is 9.23. The maximum atomic E-state index is 9.23. The van der Waals surface area contributed by atoms with E-state index in [0.717, 1.165) is 17.1 Å². The van der Waals surface area contributed by atoms with E-state index in [9.17, 15) is 5.11 Å². The van der Waals surface area contributed by atoms with Crippen molar-refractivity contribution in [2.45, 2.75) is 20.3 Å². The molecule has 1 aromatic rings. The minimum absolute atomic E-state index is 0.0566. The number of aliphatic hydroxyl groups excluding tert-OH is 1. The van der Waals surface area contributed by atoms with Crippen molar-refractivity contribution >= 4 is 0 Å². The number of rotatable bonds is 8. The summed E-state index contributed by atoms with van der Waals surface area (Å²) in [7, 11) is 0. The normalized spacial score (nSPS) is 12.2. The van der Waals surface area contributed by atoms with E-state index in [0.29, 0.717) is 26.2 Å². The van der Waals surface area contributed by atoms with Crippen molar-refractivity contribution in [3.8, 4) is 11.5 Å². The van der Waals surface area contributed by atoms with Crippen LogP contribution >= 0.6 is 0 Å². The summed E-state index contributed by atoms with van der Waals surface area (Å²) in [5.74, 6) is 1.58. The summed E-state index contributed by atoms with van der Waals surface area (Å²) in [6, 6.07) is 5.83. The highest BCUT2D eigenvalue weighted by Gasteiger charge is 2.14. The van der Waals surface area contributed by atoms with E-state index >= 15 is 0 Å². The number of ether oxygens (including phenoxy) is 2. The van der Waals surface area contributed by atoms with Crippen molar-refractivity contribution in [2.75, 3.05) is 26.4 Å². The zero-order chi connectivity index (χ0) is 13.4. The standard InChI is InChI=1S/C14H23NO3/c1-3-17-13-7-5-6-12(14(13)18-4-2)8-11(9-15)10-16/h5-7,11,16H,3-4,8-10,15H2,1-2H3. The minimum atomic E-state index is 0.0566. The van der Waals surface area contributed by atoms with Crippen LogP contribution in [0, 0.1) is 5.92 Å². The SMILES string of the molecule is CCOc1cccc(CC(CN)CO)c1OCC. The predicted molar refractivity (Wildman–Crippen MR) is 72.1 cm³/mol. The molecule has 1 atom stereocenters. The first-order valence-electron chi connectivity index (χ1n) is 6.45. The first kappa shape index (κ1) is 14.8. The van der Waals surface area contributed by atoms with Crippen molar-refractivity contribution in [2.24, 2.45) is 11.7 Å². The Bertz CT molecular complexity index is 351. The first-order chi connectivity index (χ1) is 8.76. The van der Waals surface area contributed by atoms with Crippen LogP contribution in [0.15, 0.2) is 18.2 Å². The van der Waals surface area contributed by atoms with Gasteiger partial charge in [0.1, 0.15) is 0 Å². The quantitative estimate of drug-likeness (QED) is 0.738. The van der Waals surface area contributed by atoms with Gasteiger partial charge in [0.05, 0.1) is 13.2 Å². The lowest BCUT2D eigenvalue weighted by atomic mass is 9.99. The van der Waals surface area contributed by atoms with Gasteiger partial charge in [0.15, 0.2) is 11.5 Å². The first-order valence-corrected chi connectivity index (χ1v) is 6.45. The van der Waals surface area contributed by atoms with E-state index in [-0.39, 0.29) is 12.5 Å². The van der Waals surface area contributed by atoms with Crippen LogP contribution < -0.4 is 15.2 Å². The predicted octanol–water partition coefficient (Wildman–Crippen LogP) is 1.59.